The lowest BCUT2D eigenvalue weighted by molar-refractivity contribution is 0.0472. The van der Waals surface area contributed by atoms with Gasteiger partial charge in [0.05, 0.1) is 10.4 Å². The Morgan fingerprint density at radius 2 is 1.58 bits per heavy atom. The first kappa shape index (κ1) is 20.8. The van der Waals surface area contributed by atoms with E-state index in [9.17, 15) is 14.4 Å². The molecule has 0 unspecified atom stereocenters. The van der Waals surface area contributed by atoms with Crippen LogP contribution in [0.15, 0.2) is 66.0 Å². The number of amides is 2. The molecule has 4 rings (SSSR count). The largest absolute Gasteiger partial charge is 0.457 e. The minimum atomic E-state index is -0.451. The number of esters is 1. The number of ether oxygens (including phenoxy) is 1. The van der Waals surface area contributed by atoms with E-state index in [-0.39, 0.29) is 18.4 Å². The Hall–Kier alpha value is -3.45. The number of carbonyl (C=O) groups is 3. The van der Waals surface area contributed by atoms with Gasteiger partial charge in [-0.15, -0.1) is 11.3 Å². The number of hydrogen-bond acceptors (Lipinski definition) is 5. The smallest absolute Gasteiger partial charge is 0.338 e. The van der Waals surface area contributed by atoms with E-state index in [1.54, 1.807) is 54.6 Å². The second kappa shape index (κ2) is 9.57. The van der Waals surface area contributed by atoms with Crippen LogP contribution >= 0.6 is 11.3 Å². The summed E-state index contributed by atoms with van der Waals surface area (Å²) >= 11 is 1.36. The Labute approximate surface area is 184 Å². The lowest BCUT2D eigenvalue weighted by Gasteiger charge is -2.15. The highest BCUT2D eigenvalue weighted by atomic mass is 32.1. The molecule has 1 aliphatic rings. The Bertz CT molecular complexity index is 1050. The van der Waals surface area contributed by atoms with Gasteiger partial charge in [0.1, 0.15) is 6.61 Å². The van der Waals surface area contributed by atoms with Crippen LogP contribution in [0.2, 0.25) is 0 Å². The minimum absolute atomic E-state index is 0.0484. The molecule has 0 spiro atoms. The summed E-state index contributed by atoms with van der Waals surface area (Å²) in [6, 6.07) is 17.3. The summed E-state index contributed by atoms with van der Waals surface area (Å²) in [5, 5.41) is 4.63. The molecule has 3 aromatic rings. The van der Waals surface area contributed by atoms with E-state index in [0.717, 1.165) is 31.5 Å². The molecular formula is C24H22N2O4S. The number of hydrogen-bond donors (Lipinski definition) is 1. The zero-order valence-corrected chi connectivity index (χ0v) is 17.7. The van der Waals surface area contributed by atoms with E-state index in [1.165, 1.54) is 11.3 Å². The van der Waals surface area contributed by atoms with Crippen LogP contribution in [0, 0.1) is 0 Å². The van der Waals surface area contributed by atoms with Crippen LogP contribution in [-0.2, 0) is 11.3 Å². The summed E-state index contributed by atoms with van der Waals surface area (Å²) in [6.07, 6.45) is 2.11. The highest BCUT2D eigenvalue weighted by Gasteiger charge is 2.19. The van der Waals surface area contributed by atoms with Crippen molar-refractivity contribution in [2.45, 2.75) is 19.4 Å². The number of nitrogens with one attached hydrogen (secondary N) is 1. The molecule has 0 radical (unpaired) electrons. The average Bonchev–Trinajstić information content (AvgIpc) is 3.52. The third-order valence-electron chi connectivity index (χ3n) is 5.09. The molecule has 1 aromatic heterocycles. The fourth-order valence-corrected chi connectivity index (χ4v) is 3.99. The van der Waals surface area contributed by atoms with Gasteiger partial charge in [-0.3, -0.25) is 9.59 Å². The van der Waals surface area contributed by atoms with Gasteiger partial charge in [0, 0.05) is 24.3 Å². The summed E-state index contributed by atoms with van der Waals surface area (Å²) in [7, 11) is 0. The van der Waals surface area contributed by atoms with Crippen LogP contribution in [0.4, 0.5) is 5.69 Å². The van der Waals surface area contributed by atoms with Gasteiger partial charge in [0.25, 0.3) is 11.8 Å². The summed E-state index contributed by atoms with van der Waals surface area (Å²) in [5.74, 6) is -0.586. The molecule has 0 aliphatic carbocycles. The maximum atomic E-state index is 12.4. The van der Waals surface area contributed by atoms with Crippen LogP contribution in [0.1, 0.15) is 48.8 Å². The number of likely N-dealkylation sites (tertiary alicyclic amines) is 1. The highest BCUT2D eigenvalue weighted by molar-refractivity contribution is 7.12. The topological polar surface area (TPSA) is 75.7 Å². The fourth-order valence-electron chi connectivity index (χ4n) is 3.37. The molecule has 0 saturated carbocycles. The zero-order chi connectivity index (χ0) is 21.6. The zero-order valence-electron chi connectivity index (χ0n) is 16.9. The van der Waals surface area contributed by atoms with Gasteiger partial charge in [0.2, 0.25) is 0 Å². The first-order valence-electron chi connectivity index (χ1n) is 10.1. The third kappa shape index (κ3) is 5.19. The predicted molar refractivity (Wildman–Crippen MR) is 119 cm³/mol. The molecular weight excluding hydrogens is 412 g/mol. The molecule has 2 amide bonds. The quantitative estimate of drug-likeness (QED) is 0.576. The van der Waals surface area contributed by atoms with Crippen molar-refractivity contribution in [2.75, 3.05) is 18.4 Å². The van der Waals surface area contributed by atoms with Crippen molar-refractivity contribution in [1.82, 2.24) is 4.90 Å². The van der Waals surface area contributed by atoms with Crippen LogP contribution in [0.3, 0.4) is 0 Å². The normalized spacial score (nSPS) is 13.1. The van der Waals surface area contributed by atoms with Gasteiger partial charge in [-0.25, -0.2) is 4.79 Å². The number of benzene rings is 2. The van der Waals surface area contributed by atoms with Crippen LogP contribution in [-0.4, -0.2) is 35.8 Å². The number of rotatable bonds is 6. The fraction of sp³-hybridized carbons (Fsp3) is 0.208. The van der Waals surface area contributed by atoms with E-state index >= 15 is 0 Å². The van der Waals surface area contributed by atoms with Crippen LogP contribution in [0.25, 0.3) is 0 Å². The second-order valence-electron chi connectivity index (χ2n) is 7.28. The Kier molecular flexibility index (Phi) is 6.43. The Balaban J connectivity index is 1.29. The van der Waals surface area contributed by atoms with Crippen molar-refractivity contribution < 1.29 is 19.1 Å². The van der Waals surface area contributed by atoms with Crippen molar-refractivity contribution in [1.29, 1.82) is 0 Å². The van der Waals surface area contributed by atoms with E-state index in [4.69, 9.17) is 4.74 Å². The number of thiophene rings is 1. The van der Waals surface area contributed by atoms with Gasteiger partial charge in [-0.2, -0.15) is 0 Å². The molecule has 2 heterocycles. The monoisotopic (exact) mass is 434 g/mol. The average molecular weight is 435 g/mol. The number of carbonyl (C=O) groups excluding carboxylic acids is 3. The van der Waals surface area contributed by atoms with Crippen molar-refractivity contribution in [3.05, 3.63) is 87.6 Å². The summed E-state index contributed by atoms with van der Waals surface area (Å²) in [6.45, 7) is 1.75. The van der Waals surface area contributed by atoms with E-state index in [0.29, 0.717) is 21.7 Å². The third-order valence-corrected chi connectivity index (χ3v) is 5.96. The van der Waals surface area contributed by atoms with E-state index in [1.807, 2.05) is 16.3 Å². The minimum Gasteiger partial charge on any atom is -0.457 e. The SMILES string of the molecule is O=C(OCc1ccc(C(=O)N2CCCC2)cc1)c1ccc(NC(=O)c2cccs2)cc1. The molecule has 7 heteroatoms. The predicted octanol–water partition coefficient (Wildman–Crippen LogP) is 4.59. The molecule has 1 saturated heterocycles. The highest BCUT2D eigenvalue weighted by Crippen LogP contribution is 2.16. The molecule has 1 fully saturated rings. The molecule has 0 bridgehead atoms. The maximum Gasteiger partial charge on any atom is 0.338 e. The lowest BCUT2D eigenvalue weighted by atomic mass is 10.1. The molecule has 6 nitrogen and oxygen atoms in total. The molecule has 1 aliphatic heterocycles. The van der Waals surface area contributed by atoms with Gasteiger partial charge in [-0.05, 0) is 66.2 Å². The lowest BCUT2D eigenvalue weighted by Crippen LogP contribution is -2.27. The summed E-state index contributed by atoms with van der Waals surface area (Å²) < 4.78 is 5.37. The van der Waals surface area contributed by atoms with E-state index < -0.39 is 5.97 Å². The Morgan fingerprint density at radius 1 is 0.903 bits per heavy atom. The first-order valence-corrected chi connectivity index (χ1v) is 11.0. The first-order chi connectivity index (χ1) is 15.1. The maximum absolute atomic E-state index is 12.4. The van der Waals surface area contributed by atoms with E-state index in [2.05, 4.69) is 5.32 Å². The molecule has 158 valence electrons. The molecule has 2 aromatic carbocycles. The van der Waals surface area contributed by atoms with Gasteiger partial charge >= 0.3 is 5.97 Å². The van der Waals surface area contributed by atoms with Gasteiger partial charge < -0.3 is 15.0 Å². The summed E-state index contributed by atoms with van der Waals surface area (Å²) in [5.41, 5.74) is 2.46. The van der Waals surface area contributed by atoms with Gasteiger partial charge in [0.15, 0.2) is 0 Å². The van der Waals surface area contributed by atoms with Crippen LogP contribution < -0.4 is 5.32 Å². The Morgan fingerprint density at radius 3 is 2.23 bits per heavy atom. The molecule has 31 heavy (non-hydrogen) atoms. The van der Waals surface area contributed by atoms with Crippen LogP contribution in [0.5, 0.6) is 0 Å². The number of anilines is 1. The van der Waals surface area contributed by atoms with Crippen molar-refractivity contribution in [3.63, 3.8) is 0 Å². The van der Waals surface area contributed by atoms with Gasteiger partial charge in [-0.1, -0.05) is 18.2 Å². The number of nitrogens with zero attached hydrogens (tertiary/aromatic N) is 1. The molecule has 0 atom stereocenters. The van der Waals surface area contributed by atoms with Crippen molar-refractivity contribution >= 4 is 34.8 Å². The van der Waals surface area contributed by atoms with Crippen molar-refractivity contribution in [2.24, 2.45) is 0 Å². The second-order valence-corrected chi connectivity index (χ2v) is 8.23. The standard InChI is InChI=1S/C24H22N2O4S/c27-22(21-4-3-15-31-21)25-20-11-9-19(10-12-20)24(29)30-16-17-5-7-18(8-6-17)23(28)26-13-1-2-14-26/h3-12,15H,1-2,13-14,16H2,(H,25,27). The molecule has 1 N–H and O–H groups in total. The van der Waals surface area contributed by atoms with Crippen molar-refractivity contribution in [3.8, 4) is 0 Å². The summed E-state index contributed by atoms with van der Waals surface area (Å²) in [4.78, 5) is 39.3.